The Morgan fingerprint density at radius 2 is 1.80 bits per heavy atom. The minimum absolute atomic E-state index is 0.0933. The van der Waals surface area contributed by atoms with Crippen molar-refractivity contribution in [2.24, 2.45) is 0 Å². The third kappa shape index (κ3) is 3.17. The number of aromatic hydroxyl groups is 2. The largest absolute Gasteiger partial charge is 0.502 e. The first kappa shape index (κ1) is 19.8. The molecule has 4 rings (SSSR count). The number of carbonyl (C=O) groups excluding carboxylic acids is 1. The molecule has 3 aromatic rings. The number of amides is 1. The Hall–Kier alpha value is -3.46. The summed E-state index contributed by atoms with van der Waals surface area (Å²) in [6, 6.07) is 8.98. The highest BCUT2D eigenvalue weighted by Crippen LogP contribution is 2.52. The van der Waals surface area contributed by atoms with E-state index in [2.05, 4.69) is 9.69 Å². The van der Waals surface area contributed by atoms with Crippen LogP contribution in [0.5, 0.6) is 28.7 Å². The average Bonchev–Trinajstić information content (AvgIpc) is 3.18. The zero-order valence-corrected chi connectivity index (χ0v) is 17.4. The number of nitrogens with zero attached hydrogens (tertiary/aromatic N) is 1. The van der Waals surface area contributed by atoms with E-state index in [-0.39, 0.29) is 23.8 Å². The summed E-state index contributed by atoms with van der Waals surface area (Å²) in [6.45, 7) is 0. The molecule has 0 saturated heterocycles. The van der Waals surface area contributed by atoms with Crippen LogP contribution < -0.4 is 19.5 Å². The van der Waals surface area contributed by atoms with Crippen molar-refractivity contribution in [1.29, 1.82) is 0 Å². The van der Waals surface area contributed by atoms with Gasteiger partial charge in [-0.25, -0.2) is 0 Å². The Bertz CT molecular complexity index is 1110. The summed E-state index contributed by atoms with van der Waals surface area (Å²) in [5.74, 6) is -0.541. The second kappa shape index (κ2) is 7.75. The summed E-state index contributed by atoms with van der Waals surface area (Å²) in [6.07, 6.45) is 0.140. The first-order valence-electron chi connectivity index (χ1n) is 9.09. The number of nitrogens with one attached hydrogen (secondary N) is 1. The van der Waals surface area contributed by atoms with Crippen molar-refractivity contribution in [2.75, 3.05) is 26.6 Å². The number of aromatic nitrogens is 1. The van der Waals surface area contributed by atoms with Gasteiger partial charge in [-0.1, -0.05) is 0 Å². The van der Waals surface area contributed by atoms with Gasteiger partial charge in [0.15, 0.2) is 11.5 Å². The number of carbonyl (C=O) groups is 1. The maximum Gasteiger partial charge on any atom is 0.225 e. The van der Waals surface area contributed by atoms with Crippen LogP contribution in [-0.2, 0) is 4.79 Å². The van der Waals surface area contributed by atoms with Gasteiger partial charge < -0.3 is 29.7 Å². The van der Waals surface area contributed by atoms with Crippen LogP contribution in [0.3, 0.4) is 0 Å². The molecule has 1 aromatic heterocycles. The van der Waals surface area contributed by atoms with Gasteiger partial charge in [-0.3, -0.25) is 4.79 Å². The molecule has 1 amide bonds. The topological polar surface area (TPSA) is 110 Å². The van der Waals surface area contributed by atoms with Gasteiger partial charge in [-0.05, 0) is 41.9 Å². The van der Waals surface area contributed by atoms with Crippen molar-refractivity contribution in [3.63, 3.8) is 0 Å². The number of anilines is 1. The van der Waals surface area contributed by atoms with E-state index < -0.39 is 17.4 Å². The quantitative estimate of drug-likeness (QED) is 0.531. The highest BCUT2D eigenvalue weighted by Gasteiger charge is 2.35. The summed E-state index contributed by atoms with van der Waals surface area (Å²) >= 11 is 1.27. The second-order valence-corrected chi connectivity index (χ2v) is 7.51. The highest BCUT2D eigenvalue weighted by atomic mass is 32.1. The van der Waals surface area contributed by atoms with Crippen molar-refractivity contribution in [3.8, 4) is 40.0 Å². The average molecular weight is 428 g/mol. The number of rotatable bonds is 5. The van der Waals surface area contributed by atoms with Crippen molar-refractivity contribution >= 4 is 23.1 Å². The Labute approximate surface area is 176 Å². The number of methoxy groups -OCH3 is 3. The lowest BCUT2D eigenvalue weighted by Crippen LogP contribution is -2.22. The van der Waals surface area contributed by atoms with E-state index >= 15 is 0 Å². The SMILES string of the molecule is COc1ccc(-c2nsc3c2NC(=O)CC3c2cc(OC)c(O)c(O)c2OC)cc1. The van der Waals surface area contributed by atoms with E-state index in [1.807, 2.05) is 24.3 Å². The van der Waals surface area contributed by atoms with E-state index in [1.54, 1.807) is 13.2 Å². The van der Waals surface area contributed by atoms with Crippen LogP contribution in [0.4, 0.5) is 5.69 Å². The van der Waals surface area contributed by atoms with Gasteiger partial charge in [0.05, 0.1) is 31.9 Å². The summed E-state index contributed by atoms with van der Waals surface area (Å²) in [5, 5.41) is 23.4. The van der Waals surface area contributed by atoms with Crippen molar-refractivity contribution < 1.29 is 29.2 Å². The molecule has 0 fully saturated rings. The first-order chi connectivity index (χ1) is 14.5. The molecular formula is C21H20N2O6S. The Morgan fingerprint density at radius 3 is 2.43 bits per heavy atom. The fourth-order valence-corrected chi connectivity index (χ4v) is 4.56. The molecule has 1 aliphatic rings. The molecule has 156 valence electrons. The summed E-state index contributed by atoms with van der Waals surface area (Å²) in [4.78, 5) is 13.4. The smallest absolute Gasteiger partial charge is 0.225 e. The lowest BCUT2D eigenvalue weighted by atomic mass is 9.88. The second-order valence-electron chi connectivity index (χ2n) is 6.70. The maximum absolute atomic E-state index is 12.6. The molecule has 3 N–H and O–H groups in total. The third-order valence-corrected chi connectivity index (χ3v) is 6.03. The van der Waals surface area contributed by atoms with E-state index in [4.69, 9.17) is 14.2 Å². The van der Waals surface area contributed by atoms with Crippen molar-refractivity contribution in [2.45, 2.75) is 12.3 Å². The monoisotopic (exact) mass is 428 g/mol. The minimum atomic E-state index is -0.431. The summed E-state index contributed by atoms with van der Waals surface area (Å²) < 4.78 is 20.3. The fourth-order valence-electron chi connectivity index (χ4n) is 3.59. The molecule has 0 bridgehead atoms. The van der Waals surface area contributed by atoms with Crippen molar-refractivity contribution in [1.82, 2.24) is 4.37 Å². The molecule has 1 aliphatic heterocycles. The van der Waals surface area contributed by atoms with E-state index in [9.17, 15) is 15.0 Å². The van der Waals surface area contributed by atoms with Gasteiger partial charge in [-0.2, -0.15) is 4.37 Å². The van der Waals surface area contributed by atoms with Crippen LogP contribution in [0.2, 0.25) is 0 Å². The maximum atomic E-state index is 12.6. The van der Waals surface area contributed by atoms with Gasteiger partial charge in [0, 0.05) is 23.5 Å². The van der Waals surface area contributed by atoms with Crippen LogP contribution in [0.1, 0.15) is 22.8 Å². The van der Waals surface area contributed by atoms with Gasteiger partial charge in [0.1, 0.15) is 11.4 Å². The number of ether oxygens (including phenoxy) is 3. The van der Waals surface area contributed by atoms with E-state index in [0.29, 0.717) is 16.9 Å². The molecule has 0 aliphatic carbocycles. The van der Waals surface area contributed by atoms with Crippen LogP contribution in [-0.4, -0.2) is 41.8 Å². The van der Waals surface area contributed by atoms with Crippen LogP contribution >= 0.6 is 11.5 Å². The molecule has 2 aromatic carbocycles. The zero-order valence-electron chi connectivity index (χ0n) is 16.6. The molecule has 30 heavy (non-hydrogen) atoms. The van der Waals surface area contributed by atoms with Crippen LogP contribution in [0.15, 0.2) is 30.3 Å². The van der Waals surface area contributed by atoms with Crippen LogP contribution in [0.25, 0.3) is 11.3 Å². The number of fused-ring (bicyclic) bond motifs is 1. The summed E-state index contributed by atoms with van der Waals surface area (Å²) in [7, 11) is 4.38. The lowest BCUT2D eigenvalue weighted by molar-refractivity contribution is -0.116. The summed E-state index contributed by atoms with van der Waals surface area (Å²) in [5.41, 5.74) is 2.66. The third-order valence-electron chi connectivity index (χ3n) is 5.07. The predicted molar refractivity (Wildman–Crippen MR) is 112 cm³/mol. The standard InChI is InChI=1S/C21H20N2O6S/c1-27-11-6-4-10(5-7-11)16-17-21(30-23-16)13(9-15(24)22-17)12-8-14(28-2)18(25)19(26)20(12)29-3/h4-8,13,25-26H,9H2,1-3H3,(H,22,24). The number of hydrogen-bond donors (Lipinski definition) is 3. The fraction of sp³-hybridized carbons (Fsp3) is 0.238. The lowest BCUT2D eigenvalue weighted by Gasteiger charge is -2.25. The van der Waals surface area contributed by atoms with Crippen LogP contribution in [0, 0.1) is 0 Å². The molecule has 0 saturated carbocycles. The van der Waals surface area contributed by atoms with Gasteiger partial charge >= 0.3 is 0 Å². The number of benzene rings is 2. The normalized spacial score (nSPS) is 15.3. The molecule has 1 unspecified atom stereocenters. The Kier molecular flexibility index (Phi) is 5.13. The van der Waals surface area contributed by atoms with Gasteiger partial charge in [0.2, 0.25) is 17.4 Å². The highest BCUT2D eigenvalue weighted by molar-refractivity contribution is 7.07. The Balaban J connectivity index is 1.85. The Morgan fingerprint density at radius 1 is 1.07 bits per heavy atom. The number of phenols is 2. The molecule has 8 nitrogen and oxygen atoms in total. The number of hydrogen-bond acceptors (Lipinski definition) is 8. The molecule has 1 atom stereocenters. The molecule has 2 heterocycles. The molecular weight excluding hydrogens is 408 g/mol. The van der Waals surface area contributed by atoms with Gasteiger partial charge in [-0.15, -0.1) is 0 Å². The zero-order chi connectivity index (χ0) is 21.4. The van der Waals surface area contributed by atoms with Crippen molar-refractivity contribution in [3.05, 3.63) is 40.8 Å². The molecule has 9 heteroatoms. The minimum Gasteiger partial charge on any atom is -0.502 e. The van der Waals surface area contributed by atoms with Gasteiger partial charge in [0.25, 0.3) is 0 Å². The number of phenolic OH excluding ortho intramolecular Hbond substituents is 2. The van der Waals surface area contributed by atoms with E-state index in [1.165, 1.54) is 25.8 Å². The molecule has 0 spiro atoms. The molecule has 0 radical (unpaired) electrons. The first-order valence-corrected chi connectivity index (χ1v) is 9.86. The van der Waals surface area contributed by atoms with E-state index in [0.717, 1.165) is 16.2 Å². The predicted octanol–water partition coefficient (Wildman–Crippen LogP) is 3.72.